The van der Waals surface area contributed by atoms with E-state index in [0.29, 0.717) is 4.90 Å². The van der Waals surface area contributed by atoms with Gasteiger partial charge in [0.25, 0.3) is 22.0 Å². The van der Waals surface area contributed by atoms with Crippen LogP contribution in [0.25, 0.3) is 0 Å². The fourth-order valence-electron chi connectivity index (χ4n) is 1.20. The lowest BCUT2D eigenvalue weighted by Crippen LogP contribution is -2.67. The van der Waals surface area contributed by atoms with Gasteiger partial charge in [-0.3, -0.25) is 14.5 Å². The lowest BCUT2D eigenvalue weighted by Gasteiger charge is -2.36. The van der Waals surface area contributed by atoms with E-state index in [4.69, 9.17) is 0 Å². The summed E-state index contributed by atoms with van der Waals surface area (Å²) in [5.74, 6) is -1.45. The van der Waals surface area contributed by atoms with Crippen LogP contribution in [0.2, 0.25) is 0 Å². The monoisotopic (exact) mass is 293 g/mol. The van der Waals surface area contributed by atoms with Crippen LogP contribution in [0.5, 0.6) is 0 Å². The predicted molar refractivity (Wildman–Crippen MR) is 60.8 cm³/mol. The Morgan fingerprint density at radius 1 is 1.58 bits per heavy atom. The second-order valence-electron chi connectivity index (χ2n) is 3.38. The molecule has 0 radical (unpaired) electrons. The number of urea groups is 1. The third kappa shape index (κ3) is 4.18. The first kappa shape index (κ1) is 14.8. The smallest absolute Gasteiger partial charge is 0.338 e. The highest BCUT2D eigenvalue weighted by molar-refractivity contribution is 7.87. The number of carbonyl (C=O) groups is 3. The van der Waals surface area contributed by atoms with Crippen molar-refractivity contribution in [3.05, 3.63) is 0 Å². The lowest BCUT2D eigenvalue weighted by molar-refractivity contribution is -0.141. The largest absolute Gasteiger partial charge is 0.399 e. The van der Waals surface area contributed by atoms with Gasteiger partial charge in [-0.05, 0) is 0 Å². The van der Waals surface area contributed by atoms with E-state index in [2.05, 4.69) is 20.4 Å². The summed E-state index contributed by atoms with van der Waals surface area (Å²) in [5.41, 5.74) is 0. The summed E-state index contributed by atoms with van der Waals surface area (Å²) in [6.07, 6.45) is 0.806. The number of imide groups is 1. The zero-order valence-electron chi connectivity index (χ0n) is 9.69. The topological polar surface area (TPSA) is 160 Å². The molecule has 1 fully saturated rings. The molecule has 19 heavy (non-hydrogen) atoms. The van der Waals surface area contributed by atoms with Gasteiger partial charge < -0.3 is 10.2 Å². The van der Waals surface area contributed by atoms with Crippen LogP contribution in [0.15, 0.2) is 5.16 Å². The van der Waals surface area contributed by atoms with E-state index in [0.717, 1.165) is 6.21 Å². The molecule has 4 amide bonds. The second-order valence-corrected chi connectivity index (χ2v) is 4.67. The number of β-lactam (4-membered cyclic amide) rings is 1. The first-order valence-electron chi connectivity index (χ1n) is 4.77. The van der Waals surface area contributed by atoms with E-state index in [1.54, 1.807) is 0 Å². The molecule has 0 bridgehead atoms. The van der Waals surface area contributed by atoms with Gasteiger partial charge in [0, 0.05) is 0 Å². The van der Waals surface area contributed by atoms with Crippen LogP contribution in [0, 0.1) is 0 Å². The number of oxime groups is 1. The standard InChI is InChI=1S/C7H11N5O6S/c1-18-9-2-5(13)10-4-3-12(6(4)14)7(15)11-19(8,16)17/h2,4H,3H2,1H3,(H,10,13)(H,11,15)(H2,8,16,17). The molecule has 106 valence electrons. The molecule has 0 aromatic carbocycles. The third-order valence-electron chi connectivity index (χ3n) is 2.00. The molecule has 0 aromatic rings. The van der Waals surface area contributed by atoms with Crippen molar-refractivity contribution in [1.82, 2.24) is 14.9 Å². The SMILES string of the molecule is CON=CC(=O)NC1CN(C(=O)NS(N)(=O)=O)C1=O. The molecule has 11 nitrogen and oxygen atoms in total. The highest BCUT2D eigenvalue weighted by Gasteiger charge is 2.42. The van der Waals surface area contributed by atoms with Crippen LogP contribution < -0.4 is 15.2 Å². The quantitative estimate of drug-likeness (QED) is 0.282. The predicted octanol–water partition coefficient (Wildman–Crippen LogP) is -3.14. The Balaban J connectivity index is 2.48. The molecule has 1 rings (SSSR count). The Hall–Kier alpha value is -2.21. The number of rotatable bonds is 4. The summed E-state index contributed by atoms with van der Waals surface area (Å²) >= 11 is 0. The molecule has 1 atom stereocenters. The van der Waals surface area contributed by atoms with E-state index in [-0.39, 0.29) is 6.54 Å². The molecule has 4 N–H and O–H groups in total. The van der Waals surface area contributed by atoms with E-state index in [9.17, 15) is 22.8 Å². The molecule has 0 spiro atoms. The Kier molecular flexibility index (Phi) is 4.39. The van der Waals surface area contributed by atoms with Gasteiger partial charge in [-0.1, -0.05) is 5.16 Å². The van der Waals surface area contributed by atoms with Gasteiger partial charge in [0.2, 0.25) is 0 Å². The molecule has 1 heterocycles. The maximum absolute atomic E-state index is 11.4. The van der Waals surface area contributed by atoms with Crippen molar-refractivity contribution < 1.29 is 27.6 Å². The molecular formula is C7H11N5O6S. The molecule has 1 saturated heterocycles. The number of amides is 4. The normalized spacial score (nSPS) is 18.9. The van der Waals surface area contributed by atoms with Crippen molar-refractivity contribution in [2.45, 2.75) is 6.04 Å². The zero-order valence-corrected chi connectivity index (χ0v) is 10.5. The van der Waals surface area contributed by atoms with Crippen molar-refractivity contribution in [3.8, 4) is 0 Å². The average Bonchev–Trinajstić information content (AvgIpc) is 2.28. The van der Waals surface area contributed by atoms with E-state index in [1.807, 2.05) is 0 Å². The summed E-state index contributed by atoms with van der Waals surface area (Å²) in [4.78, 5) is 38.6. The lowest BCUT2D eigenvalue weighted by atomic mass is 10.1. The average molecular weight is 293 g/mol. The van der Waals surface area contributed by atoms with Crippen LogP contribution in [0.1, 0.15) is 0 Å². The van der Waals surface area contributed by atoms with Gasteiger partial charge in [-0.25, -0.2) is 14.7 Å². The van der Waals surface area contributed by atoms with Crippen LogP contribution in [-0.4, -0.2) is 57.1 Å². The van der Waals surface area contributed by atoms with E-state index in [1.165, 1.54) is 11.8 Å². The van der Waals surface area contributed by atoms with Gasteiger partial charge in [-0.2, -0.15) is 8.42 Å². The van der Waals surface area contributed by atoms with Crippen molar-refractivity contribution in [2.24, 2.45) is 10.3 Å². The Morgan fingerprint density at radius 2 is 2.21 bits per heavy atom. The summed E-state index contributed by atoms with van der Waals surface area (Å²) in [6.45, 7) is -0.174. The third-order valence-corrected chi connectivity index (χ3v) is 2.45. The number of likely N-dealkylation sites (tertiary alicyclic amines) is 1. The minimum atomic E-state index is -4.24. The Morgan fingerprint density at radius 3 is 2.68 bits per heavy atom. The van der Waals surface area contributed by atoms with Gasteiger partial charge in [0.1, 0.15) is 19.4 Å². The molecule has 1 unspecified atom stereocenters. The minimum absolute atomic E-state index is 0.174. The fourth-order valence-corrected chi connectivity index (χ4v) is 1.56. The van der Waals surface area contributed by atoms with E-state index < -0.39 is 34.1 Å². The van der Waals surface area contributed by atoms with Gasteiger partial charge in [0.05, 0.1) is 6.54 Å². The molecule has 0 aliphatic carbocycles. The molecule has 0 aromatic heterocycles. The van der Waals surface area contributed by atoms with Crippen LogP contribution in [0.4, 0.5) is 4.79 Å². The molecule has 1 aliphatic heterocycles. The van der Waals surface area contributed by atoms with Gasteiger partial charge >= 0.3 is 6.03 Å². The van der Waals surface area contributed by atoms with Crippen LogP contribution >= 0.6 is 0 Å². The maximum atomic E-state index is 11.4. The van der Waals surface area contributed by atoms with Crippen molar-refractivity contribution >= 4 is 34.3 Å². The van der Waals surface area contributed by atoms with Crippen molar-refractivity contribution in [3.63, 3.8) is 0 Å². The van der Waals surface area contributed by atoms with Crippen LogP contribution in [-0.2, 0) is 24.6 Å². The zero-order chi connectivity index (χ0) is 14.6. The Labute approximate surface area is 107 Å². The van der Waals surface area contributed by atoms with Crippen molar-refractivity contribution in [1.29, 1.82) is 0 Å². The highest BCUT2D eigenvalue weighted by atomic mass is 32.2. The summed E-state index contributed by atoms with van der Waals surface area (Å²) in [7, 11) is -3.01. The molecule has 0 saturated carbocycles. The first-order chi connectivity index (χ1) is 8.74. The van der Waals surface area contributed by atoms with Crippen molar-refractivity contribution in [2.75, 3.05) is 13.7 Å². The van der Waals surface area contributed by atoms with Gasteiger partial charge in [0.15, 0.2) is 0 Å². The van der Waals surface area contributed by atoms with Crippen LogP contribution in [0.3, 0.4) is 0 Å². The number of hydrogen-bond acceptors (Lipinski definition) is 7. The minimum Gasteiger partial charge on any atom is -0.399 e. The van der Waals surface area contributed by atoms with E-state index >= 15 is 0 Å². The molecular weight excluding hydrogens is 282 g/mol. The first-order valence-corrected chi connectivity index (χ1v) is 6.32. The highest BCUT2D eigenvalue weighted by Crippen LogP contribution is 2.10. The number of nitrogens with zero attached hydrogens (tertiary/aromatic N) is 2. The summed E-state index contributed by atoms with van der Waals surface area (Å²) in [5, 5.41) is 9.97. The molecule has 12 heteroatoms. The number of hydrogen-bond donors (Lipinski definition) is 3. The number of nitrogens with one attached hydrogen (secondary N) is 2. The number of nitrogens with two attached hydrogens (primary N) is 1. The summed E-state index contributed by atoms with van der Waals surface area (Å²) in [6, 6.07) is -2.11. The fraction of sp³-hybridized carbons (Fsp3) is 0.429. The second kappa shape index (κ2) is 5.62. The maximum Gasteiger partial charge on any atom is 0.338 e. The number of carbonyl (C=O) groups excluding carboxylic acids is 3. The Bertz CT molecular complexity index is 528. The summed E-state index contributed by atoms with van der Waals surface area (Å²) < 4.78 is 22.6. The molecule has 1 aliphatic rings. The van der Waals surface area contributed by atoms with Gasteiger partial charge in [-0.15, -0.1) is 0 Å².